The third kappa shape index (κ3) is 5.14. The summed E-state index contributed by atoms with van der Waals surface area (Å²) in [7, 11) is 0. The highest BCUT2D eigenvalue weighted by atomic mass is 19.4. The maximum Gasteiger partial charge on any atom is 0.416 e. The van der Waals surface area contributed by atoms with Gasteiger partial charge in [0.25, 0.3) is 5.91 Å². The van der Waals surface area contributed by atoms with Crippen molar-refractivity contribution in [3.8, 4) is 0 Å². The SMILES string of the molecule is Cc1cc(N2CCOCC2)cc(C(C)C)c1C(=O)NCc1ccc(C(F)(F)F)cc1. The van der Waals surface area contributed by atoms with Gasteiger partial charge >= 0.3 is 6.18 Å². The molecule has 0 bridgehead atoms. The summed E-state index contributed by atoms with van der Waals surface area (Å²) < 4.78 is 43.5. The Labute approximate surface area is 175 Å². The molecule has 30 heavy (non-hydrogen) atoms. The van der Waals surface area contributed by atoms with Crippen LogP contribution in [0.4, 0.5) is 18.9 Å². The summed E-state index contributed by atoms with van der Waals surface area (Å²) in [5.41, 5.74) is 3.47. The van der Waals surface area contributed by atoms with Crippen LogP contribution in [0.1, 0.15) is 52.4 Å². The summed E-state index contributed by atoms with van der Waals surface area (Å²) in [6.07, 6.45) is -4.37. The van der Waals surface area contributed by atoms with Crippen LogP contribution in [0.3, 0.4) is 0 Å². The first-order chi connectivity index (χ1) is 14.2. The number of hydrogen-bond donors (Lipinski definition) is 1. The number of hydrogen-bond acceptors (Lipinski definition) is 3. The van der Waals surface area contributed by atoms with Crippen molar-refractivity contribution < 1.29 is 22.7 Å². The number of halogens is 3. The molecule has 2 aromatic rings. The summed E-state index contributed by atoms with van der Waals surface area (Å²) in [4.78, 5) is 15.2. The molecule has 1 aliphatic rings. The van der Waals surface area contributed by atoms with Crippen LogP contribution >= 0.6 is 0 Å². The molecule has 1 heterocycles. The summed E-state index contributed by atoms with van der Waals surface area (Å²) in [6, 6.07) is 8.93. The molecular weight excluding hydrogens is 393 g/mol. The van der Waals surface area contributed by atoms with Crippen molar-refractivity contribution in [2.75, 3.05) is 31.2 Å². The monoisotopic (exact) mass is 420 g/mol. The molecule has 0 aromatic heterocycles. The number of aryl methyl sites for hydroxylation is 1. The molecule has 7 heteroatoms. The number of ether oxygens (including phenoxy) is 1. The number of carbonyl (C=O) groups excluding carboxylic acids is 1. The van der Waals surface area contributed by atoms with E-state index in [-0.39, 0.29) is 18.4 Å². The van der Waals surface area contributed by atoms with Gasteiger partial charge in [0.1, 0.15) is 0 Å². The van der Waals surface area contributed by atoms with Gasteiger partial charge < -0.3 is 15.0 Å². The Morgan fingerprint density at radius 3 is 2.33 bits per heavy atom. The molecule has 0 aliphatic carbocycles. The van der Waals surface area contributed by atoms with E-state index < -0.39 is 11.7 Å². The standard InChI is InChI=1S/C23H27F3N2O2/c1-15(2)20-13-19(28-8-10-30-11-9-28)12-16(3)21(20)22(29)27-14-17-4-6-18(7-5-17)23(24,25)26/h4-7,12-13,15H,8-11,14H2,1-3H3,(H,27,29). The first-order valence-corrected chi connectivity index (χ1v) is 10.1. The molecular formula is C23H27F3N2O2. The molecule has 0 unspecified atom stereocenters. The predicted molar refractivity (Wildman–Crippen MR) is 111 cm³/mol. The maximum absolute atomic E-state index is 13.0. The van der Waals surface area contributed by atoms with Crippen LogP contribution in [0.5, 0.6) is 0 Å². The van der Waals surface area contributed by atoms with Crippen LogP contribution in [0, 0.1) is 6.92 Å². The lowest BCUT2D eigenvalue weighted by Gasteiger charge is -2.30. The van der Waals surface area contributed by atoms with E-state index in [1.54, 1.807) is 0 Å². The van der Waals surface area contributed by atoms with Crippen LogP contribution in [-0.4, -0.2) is 32.2 Å². The van der Waals surface area contributed by atoms with Crippen molar-refractivity contribution in [1.29, 1.82) is 0 Å². The number of morpholine rings is 1. The fourth-order valence-electron chi connectivity index (χ4n) is 3.65. The van der Waals surface area contributed by atoms with E-state index in [0.29, 0.717) is 24.3 Å². The molecule has 2 aromatic carbocycles. The van der Waals surface area contributed by atoms with Gasteiger partial charge in [0.15, 0.2) is 0 Å². The minimum Gasteiger partial charge on any atom is -0.378 e. The lowest BCUT2D eigenvalue weighted by atomic mass is 9.92. The van der Waals surface area contributed by atoms with Crippen molar-refractivity contribution in [3.63, 3.8) is 0 Å². The number of nitrogens with zero attached hydrogens (tertiary/aromatic N) is 1. The van der Waals surface area contributed by atoms with Crippen LogP contribution < -0.4 is 10.2 Å². The first kappa shape index (κ1) is 22.2. The van der Waals surface area contributed by atoms with Crippen LogP contribution in [0.2, 0.25) is 0 Å². The summed E-state index contributed by atoms with van der Waals surface area (Å²) in [5.74, 6) is -0.0684. The van der Waals surface area contributed by atoms with Crippen LogP contribution in [0.25, 0.3) is 0 Å². The Morgan fingerprint density at radius 1 is 1.13 bits per heavy atom. The van der Waals surface area contributed by atoms with E-state index in [4.69, 9.17) is 4.74 Å². The number of alkyl halides is 3. The highest BCUT2D eigenvalue weighted by molar-refractivity contribution is 5.98. The highest BCUT2D eigenvalue weighted by Crippen LogP contribution is 2.30. The number of rotatable bonds is 5. The number of amides is 1. The summed E-state index contributed by atoms with van der Waals surface area (Å²) in [6.45, 7) is 9.18. The Kier molecular flexibility index (Phi) is 6.71. The molecule has 1 aliphatic heterocycles. The van der Waals surface area contributed by atoms with E-state index in [0.717, 1.165) is 42.0 Å². The second-order valence-corrected chi connectivity index (χ2v) is 7.86. The second kappa shape index (κ2) is 9.08. The number of carbonyl (C=O) groups is 1. The number of benzene rings is 2. The molecule has 0 spiro atoms. The quantitative estimate of drug-likeness (QED) is 0.748. The van der Waals surface area contributed by atoms with Crippen molar-refractivity contribution in [3.05, 3.63) is 64.2 Å². The highest BCUT2D eigenvalue weighted by Gasteiger charge is 2.30. The molecule has 3 rings (SSSR count). The van der Waals surface area contributed by atoms with Crippen LogP contribution in [-0.2, 0) is 17.5 Å². The van der Waals surface area contributed by atoms with Gasteiger partial charge in [0, 0.05) is 30.9 Å². The zero-order valence-electron chi connectivity index (χ0n) is 17.5. The Bertz CT molecular complexity index is 887. The minimum absolute atomic E-state index is 0.150. The zero-order valence-corrected chi connectivity index (χ0v) is 17.5. The van der Waals surface area contributed by atoms with Gasteiger partial charge in [0.05, 0.1) is 18.8 Å². The molecule has 0 saturated carbocycles. The van der Waals surface area contributed by atoms with Crippen molar-refractivity contribution in [2.24, 2.45) is 0 Å². The van der Waals surface area contributed by atoms with Gasteiger partial charge in [-0.1, -0.05) is 26.0 Å². The summed E-state index contributed by atoms with van der Waals surface area (Å²) in [5, 5.41) is 2.85. The Morgan fingerprint density at radius 2 is 1.77 bits per heavy atom. The van der Waals surface area contributed by atoms with E-state index >= 15 is 0 Å². The zero-order chi connectivity index (χ0) is 21.9. The van der Waals surface area contributed by atoms with Gasteiger partial charge in [-0.25, -0.2) is 0 Å². The number of anilines is 1. The first-order valence-electron chi connectivity index (χ1n) is 10.1. The molecule has 1 fully saturated rings. The Balaban J connectivity index is 1.77. The fourth-order valence-corrected chi connectivity index (χ4v) is 3.65. The molecule has 1 saturated heterocycles. The molecule has 0 radical (unpaired) electrons. The van der Waals surface area contributed by atoms with E-state index in [1.165, 1.54) is 12.1 Å². The molecule has 1 amide bonds. The minimum atomic E-state index is -4.37. The van der Waals surface area contributed by atoms with Crippen molar-refractivity contribution >= 4 is 11.6 Å². The Hall–Kier alpha value is -2.54. The van der Waals surface area contributed by atoms with Crippen molar-refractivity contribution in [2.45, 2.75) is 39.4 Å². The van der Waals surface area contributed by atoms with E-state index in [1.807, 2.05) is 26.8 Å². The number of nitrogens with one attached hydrogen (secondary N) is 1. The topological polar surface area (TPSA) is 41.6 Å². The third-order valence-corrected chi connectivity index (χ3v) is 5.31. The van der Waals surface area contributed by atoms with E-state index in [9.17, 15) is 18.0 Å². The molecule has 4 nitrogen and oxygen atoms in total. The average Bonchev–Trinajstić information content (AvgIpc) is 2.71. The van der Waals surface area contributed by atoms with Crippen molar-refractivity contribution in [1.82, 2.24) is 5.32 Å². The maximum atomic E-state index is 13.0. The average molecular weight is 420 g/mol. The van der Waals surface area contributed by atoms with Gasteiger partial charge in [0.2, 0.25) is 0 Å². The lowest BCUT2D eigenvalue weighted by molar-refractivity contribution is -0.137. The van der Waals surface area contributed by atoms with Crippen LogP contribution in [0.15, 0.2) is 36.4 Å². The predicted octanol–water partition coefficient (Wildman–Crippen LogP) is 4.90. The second-order valence-electron chi connectivity index (χ2n) is 7.86. The summed E-state index contributed by atoms with van der Waals surface area (Å²) >= 11 is 0. The van der Waals surface area contributed by atoms with Gasteiger partial charge in [-0.3, -0.25) is 4.79 Å². The fraction of sp³-hybridized carbons (Fsp3) is 0.435. The van der Waals surface area contributed by atoms with E-state index in [2.05, 4.69) is 16.3 Å². The third-order valence-electron chi connectivity index (χ3n) is 5.31. The normalized spacial score (nSPS) is 14.8. The lowest BCUT2D eigenvalue weighted by Crippen LogP contribution is -2.36. The smallest absolute Gasteiger partial charge is 0.378 e. The van der Waals surface area contributed by atoms with Gasteiger partial charge in [-0.2, -0.15) is 13.2 Å². The largest absolute Gasteiger partial charge is 0.416 e. The molecule has 162 valence electrons. The van der Waals surface area contributed by atoms with Gasteiger partial charge in [-0.15, -0.1) is 0 Å². The molecule has 1 N–H and O–H groups in total. The van der Waals surface area contributed by atoms with Gasteiger partial charge in [-0.05, 0) is 53.8 Å². The molecule has 0 atom stereocenters.